The predicted octanol–water partition coefficient (Wildman–Crippen LogP) is 2.82. The van der Waals surface area contributed by atoms with E-state index < -0.39 is 0 Å². The number of rotatable bonds is 6. The highest BCUT2D eigenvalue weighted by Gasteiger charge is 2.18. The lowest BCUT2D eigenvalue weighted by Crippen LogP contribution is -2.33. The normalized spacial score (nSPS) is 11.6. The van der Waals surface area contributed by atoms with E-state index in [1.165, 1.54) is 4.68 Å². The maximum atomic E-state index is 12.9. The van der Waals surface area contributed by atoms with Gasteiger partial charge in [-0.05, 0) is 36.6 Å². The first kappa shape index (κ1) is 19.1. The smallest absolute Gasteiger partial charge is 0.280 e. The van der Waals surface area contributed by atoms with Crippen LogP contribution in [-0.2, 0) is 6.42 Å². The van der Waals surface area contributed by atoms with Gasteiger partial charge in [-0.25, -0.2) is 9.67 Å². The number of hydrogen-bond acceptors (Lipinski definition) is 4. The summed E-state index contributed by atoms with van der Waals surface area (Å²) in [5.41, 5.74) is 2.09. The molecule has 142 valence electrons. The van der Waals surface area contributed by atoms with Crippen LogP contribution in [0.2, 0.25) is 0 Å². The number of aromatic nitrogens is 3. The van der Waals surface area contributed by atoms with Crippen LogP contribution in [0.25, 0.3) is 16.9 Å². The van der Waals surface area contributed by atoms with E-state index in [9.17, 15) is 9.59 Å². The van der Waals surface area contributed by atoms with E-state index in [1.807, 2.05) is 26.0 Å². The number of nitrogens with one attached hydrogen (secondary N) is 2. The Balaban J connectivity index is 1.98. The second-order valence-corrected chi connectivity index (χ2v) is 6.52. The van der Waals surface area contributed by atoms with Gasteiger partial charge in [0.1, 0.15) is 0 Å². The molecule has 1 atom stereocenters. The summed E-state index contributed by atoms with van der Waals surface area (Å²) in [6.07, 6.45) is 4.25. The molecule has 0 saturated carbocycles. The van der Waals surface area contributed by atoms with Gasteiger partial charge in [-0.2, -0.15) is 5.26 Å². The first-order valence-electron chi connectivity index (χ1n) is 9.08. The van der Waals surface area contributed by atoms with Gasteiger partial charge in [0.2, 0.25) is 0 Å². The molecule has 0 aliphatic heterocycles. The fraction of sp³-hybridized carbons (Fsp3) is 0.238. The predicted molar refractivity (Wildman–Crippen MR) is 106 cm³/mol. The summed E-state index contributed by atoms with van der Waals surface area (Å²) in [6, 6.07) is 12.7. The minimum absolute atomic E-state index is 0.0170. The number of hydrogen-bond donors (Lipinski definition) is 2. The molecule has 1 aromatic carbocycles. The zero-order chi connectivity index (χ0) is 20.1. The molecule has 0 aliphatic rings. The van der Waals surface area contributed by atoms with E-state index in [4.69, 9.17) is 5.26 Å². The van der Waals surface area contributed by atoms with Crippen LogP contribution in [-0.4, -0.2) is 26.7 Å². The summed E-state index contributed by atoms with van der Waals surface area (Å²) in [7, 11) is 0. The number of carbonyl (C=O) groups excluding carboxylic acids is 1. The number of benzene rings is 1. The largest absolute Gasteiger partial charge is 0.349 e. The van der Waals surface area contributed by atoms with Gasteiger partial charge in [0.25, 0.3) is 11.5 Å². The molecule has 0 spiro atoms. The number of nitrogens with zero attached hydrogens (tertiary/aromatic N) is 3. The lowest BCUT2D eigenvalue weighted by atomic mass is 10.1. The summed E-state index contributed by atoms with van der Waals surface area (Å²) in [4.78, 5) is 29.8. The highest BCUT2D eigenvalue weighted by Crippen LogP contribution is 2.18. The summed E-state index contributed by atoms with van der Waals surface area (Å²) in [6.45, 7) is 3.90. The first-order valence-corrected chi connectivity index (χ1v) is 9.08. The van der Waals surface area contributed by atoms with Gasteiger partial charge in [0.15, 0.2) is 5.82 Å². The van der Waals surface area contributed by atoms with E-state index in [1.54, 1.807) is 36.7 Å². The lowest BCUT2D eigenvalue weighted by molar-refractivity contribution is 0.0938. The van der Waals surface area contributed by atoms with Crippen molar-refractivity contribution >= 4 is 5.91 Å². The molecular formula is C21H21N5O2. The minimum atomic E-state index is -0.302. The van der Waals surface area contributed by atoms with Gasteiger partial charge in [-0.15, -0.1) is 0 Å². The zero-order valence-corrected chi connectivity index (χ0v) is 15.8. The van der Waals surface area contributed by atoms with Crippen molar-refractivity contribution in [2.24, 2.45) is 0 Å². The Bertz CT molecular complexity index is 1070. The Morgan fingerprint density at radius 3 is 2.75 bits per heavy atom. The zero-order valence-electron chi connectivity index (χ0n) is 15.8. The fourth-order valence-electron chi connectivity index (χ4n) is 2.78. The van der Waals surface area contributed by atoms with Crippen LogP contribution in [0.5, 0.6) is 0 Å². The number of amides is 1. The third-order valence-corrected chi connectivity index (χ3v) is 4.55. The molecule has 0 radical (unpaired) electrons. The van der Waals surface area contributed by atoms with Gasteiger partial charge in [0, 0.05) is 18.4 Å². The number of carbonyl (C=O) groups is 1. The molecule has 2 N–H and O–H groups in total. The molecular weight excluding hydrogens is 354 g/mol. The van der Waals surface area contributed by atoms with Gasteiger partial charge in [-0.1, -0.05) is 31.2 Å². The molecule has 2 heterocycles. The summed E-state index contributed by atoms with van der Waals surface area (Å²) >= 11 is 0. The van der Waals surface area contributed by atoms with E-state index >= 15 is 0 Å². The Hall–Kier alpha value is -3.66. The molecule has 0 saturated heterocycles. The third kappa shape index (κ3) is 3.86. The van der Waals surface area contributed by atoms with Crippen LogP contribution >= 0.6 is 0 Å². The maximum absolute atomic E-state index is 12.9. The molecule has 7 nitrogen and oxygen atoms in total. The van der Waals surface area contributed by atoms with Crippen molar-refractivity contribution in [2.45, 2.75) is 32.7 Å². The number of pyridine rings is 1. The van der Waals surface area contributed by atoms with Crippen molar-refractivity contribution in [3.8, 4) is 23.0 Å². The van der Waals surface area contributed by atoms with E-state index in [-0.39, 0.29) is 23.3 Å². The third-order valence-electron chi connectivity index (χ3n) is 4.55. The van der Waals surface area contributed by atoms with Crippen LogP contribution < -0.4 is 10.9 Å². The second kappa shape index (κ2) is 8.35. The molecule has 0 bridgehead atoms. The van der Waals surface area contributed by atoms with Crippen LogP contribution in [0.15, 0.2) is 53.6 Å². The summed E-state index contributed by atoms with van der Waals surface area (Å²) in [5, 5.41) is 14.6. The molecule has 2 aromatic heterocycles. The topological polar surface area (TPSA) is 104 Å². The van der Waals surface area contributed by atoms with E-state index in [0.717, 1.165) is 17.5 Å². The molecule has 0 fully saturated rings. The van der Waals surface area contributed by atoms with Crippen molar-refractivity contribution in [3.05, 3.63) is 70.3 Å². The van der Waals surface area contributed by atoms with Crippen molar-refractivity contribution in [1.29, 1.82) is 5.26 Å². The standard InChI is InChI=1S/C21H21N5O2/c1-3-14(2)25-20(27)17-5-4-12-23-19(17)26-21(28)18(13-24-26)16-8-6-15(7-9-16)10-11-22/h4-9,12-14,24H,3,10H2,1-2H3,(H,25,27)/t14-/m1/s1. The van der Waals surface area contributed by atoms with Gasteiger partial charge >= 0.3 is 0 Å². The van der Waals surface area contributed by atoms with Crippen LogP contribution in [0, 0.1) is 11.3 Å². The average molecular weight is 375 g/mol. The Labute approximate surface area is 162 Å². The van der Waals surface area contributed by atoms with Crippen molar-refractivity contribution in [3.63, 3.8) is 0 Å². The van der Waals surface area contributed by atoms with Crippen LogP contribution in [0.1, 0.15) is 36.2 Å². The van der Waals surface area contributed by atoms with E-state index in [2.05, 4.69) is 21.5 Å². The average Bonchev–Trinajstić information content (AvgIpc) is 3.10. The SMILES string of the molecule is CC[C@@H](C)NC(=O)c1cccnc1-n1[nH]cc(-c2ccc(CC#N)cc2)c1=O. The fourth-order valence-corrected chi connectivity index (χ4v) is 2.78. The summed E-state index contributed by atoms with van der Waals surface area (Å²) in [5.74, 6) is -0.0259. The molecule has 1 amide bonds. The second-order valence-electron chi connectivity index (χ2n) is 6.52. The number of aromatic amines is 1. The minimum Gasteiger partial charge on any atom is -0.349 e. The van der Waals surface area contributed by atoms with Crippen LogP contribution in [0.4, 0.5) is 0 Å². The Kier molecular flexibility index (Phi) is 5.70. The van der Waals surface area contributed by atoms with Crippen LogP contribution in [0.3, 0.4) is 0 Å². The van der Waals surface area contributed by atoms with Gasteiger partial charge in [-0.3, -0.25) is 14.7 Å². The maximum Gasteiger partial charge on any atom is 0.280 e. The molecule has 28 heavy (non-hydrogen) atoms. The quantitative estimate of drug-likeness (QED) is 0.691. The Morgan fingerprint density at radius 2 is 2.07 bits per heavy atom. The van der Waals surface area contributed by atoms with Crippen molar-refractivity contribution in [1.82, 2.24) is 20.1 Å². The summed E-state index contributed by atoms with van der Waals surface area (Å²) < 4.78 is 1.27. The van der Waals surface area contributed by atoms with Gasteiger partial charge < -0.3 is 5.32 Å². The molecule has 3 rings (SSSR count). The monoisotopic (exact) mass is 375 g/mol. The molecule has 0 aliphatic carbocycles. The lowest BCUT2D eigenvalue weighted by Gasteiger charge is -2.13. The first-order chi connectivity index (χ1) is 13.5. The van der Waals surface area contributed by atoms with Crippen molar-refractivity contribution < 1.29 is 4.79 Å². The number of H-pyrrole nitrogens is 1. The molecule has 3 aromatic rings. The highest BCUT2D eigenvalue weighted by atomic mass is 16.2. The van der Waals surface area contributed by atoms with Crippen molar-refractivity contribution in [2.75, 3.05) is 0 Å². The number of nitriles is 1. The molecule has 7 heteroatoms. The van der Waals surface area contributed by atoms with Gasteiger partial charge in [0.05, 0.1) is 23.6 Å². The van der Waals surface area contributed by atoms with E-state index in [0.29, 0.717) is 17.5 Å². The highest BCUT2D eigenvalue weighted by molar-refractivity contribution is 5.97. The molecule has 0 unspecified atom stereocenters. The Morgan fingerprint density at radius 1 is 1.32 bits per heavy atom.